The predicted octanol–water partition coefficient (Wildman–Crippen LogP) is 1.31. The normalized spacial score (nSPS) is 18.5. The lowest BCUT2D eigenvalue weighted by molar-refractivity contribution is -0.154. The van der Waals surface area contributed by atoms with E-state index in [1.807, 2.05) is 20.8 Å². The average Bonchev–Trinajstić information content (AvgIpc) is 2.85. The van der Waals surface area contributed by atoms with Gasteiger partial charge in [0.25, 0.3) is 0 Å². The van der Waals surface area contributed by atoms with Crippen LogP contribution in [0.1, 0.15) is 51.7 Å². The van der Waals surface area contributed by atoms with Crippen LogP contribution in [0.15, 0.2) is 4.52 Å². The Balaban J connectivity index is 1.90. The number of aromatic nitrogens is 2. The number of rotatable bonds is 4. The van der Waals surface area contributed by atoms with E-state index in [-0.39, 0.29) is 12.4 Å². The largest absolute Gasteiger partial charge is 0.460 e. The molecule has 2 rings (SSSR count). The second kappa shape index (κ2) is 6.11. The highest BCUT2D eigenvalue weighted by Gasteiger charge is 2.34. The maximum atomic E-state index is 11.7. The topological polar surface area (TPSA) is 100 Å². The molecular weight excluding hydrogens is 274 g/mol. The molecule has 1 aromatic rings. The summed E-state index contributed by atoms with van der Waals surface area (Å²) in [6.45, 7) is 6.69. The Morgan fingerprint density at radius 3 is 2.67 bits per heavy atom. The predicted molar refractivity (Wildman–Crippen MR) is 74.4 cm³/mol. The molecule has 2 N–H and O–H groups in total. The Morgan fingerprint density at radius 2 is 2.05 bits per heavy atom. The van der Waals surface area contributed by atoms with Crippen molar-refractivity contribution in [1.82, 2.24) is 10.1 Å². The van der Waals surface area contributed by atoms with Gasteiger partial charge in [-0.3, -0.25) is 4.79 Å². The molecule has 2 heterocycles. The number of ether oxygens (including phenoxy) is 2. The van der Waals surface area contributed by atoms with E-state index in [9.17, 15) is 4.79 Å². The number of carbonyl (C=O) groups is 1. The number of esters is 1. The summed E-state index contributed by atoms with van der Waals surface area (Å²) in [6, 6.07) is 0. The molecule has 0 amide bonds. The van der Waals surface area contributed by atoms with Crippen LogP contribution in [0.5, 0.6) is 0 Å². The van der Waals surface area contributed by atoms with E-state index >= 15 is 0 Å². The number of aryl methyl sites for hydroxylation is 1. The molecule has 0 aromatic carbocycles. The molecule has 0 bridgehead atoms. The molecule has 1 aromatic heterocycles. The average molecular weight is 297 g/mol. The molecule has 1 aliphatic rings. The van der Waals surface area contributed by atoms with Crippen molar-refractivity contribution in [1.29, 1.82) is 0 Å². The van der Waals surface area contributed by atoms with Gasteiger partial charge in [-0.05, 0) is 33.6 Å². The number of nitrogens with two attached hydrogens (primary N) is 1. The Morgan fingerprint density at radius 1 is 1.38 bits per heavy atom. The van der Waals surface area contributed by atoms with Gasteiger partial charge in [-0.2, -0.15) is 4.98 Å². The molecule has 0 spiro atoms. The maximum absolute atomic E-state index is 11.7. The minimum absolute atomic E-state index is 0.208. The number of hydrogen-bond donors (Lipinski definition) is 1. The van der Waals surface area contributed by atoms with Crippen LogP contribution in [0.3, 0.4) is 0 Å². The Kier molecular flexibility index (Phi) is 4.63. The van der Waals surface area contributed by atoms with Crippen molar-refractivity contribution < 1.29 is 18.8 Å². The summed E-state index contributed by atoms with van der Waals surface area (Å²) in [7, 11) is 0. The minimum Gasteiger partial charge on any atom is -0.460 e. The van der Waals surface area contributed by atoms with Gasteiger partial charge >= 0.3 is 5.97 Å². The first-order chi connectivity index (χ1) is 9.78. The van der Waals surface area contributed by atoms with E-state index in [1.165, 1.54) is 0 Å². The van der Waals surface area contributed by atoms with Crippen LogP contribution in [-0.4, -0.2) is 34.9 Å². The lowest BCUT2D eigenvalue weighted by Gasteiger charge is -2.29. The molecule has 7 heteroatoms. The highest BCUT2D eigenvalue weighted by Crippen LogP contribution is 2.27. The van der Waals surface area contributed by atoms with Gasteiger partial charge in [0.15, 0.2) is 5.82 Å². The monoisotopic (exact) mass is 297 g/mol. The van der Waals surface area contributed by atoms with Gasteiger partial charge in [0.05, 0.1) is 12.0 Å². The molecule has 1 saturated heterocycles. The maximum Gasteiger partial charge on any atom is 0.306 e. The van der Waals surface area contributed by atoms with Gasteiger partial charge in [-0.15, -0.1) is 0 Å². The van der Waals surface area contributed by atoms with E-state index in [0.29, 0.717) is 44.2 Å². The molecule has 7 nitrogen and oxygen atoms in total. The van der Waals surface area contributed by atoms with Crippen LogP contribution in [-0.2, 0) is 26.2 Å². The van der Waals surface area contributed by atoms with Crippen LogP contribution < -0.4 is 5.73 Å². The molecule has 0 aliphatic carbocycles. The first-order valence-electron chi connectivity index (χ1n) is 7.20. The summed E-state index contributed by atoms with van der Waals surface area (Å²) in [5, 5.41) is 3.95. The van der Waals surface area contributed by atoms with Crippen molar-refractivity contribution in [2.75, 3.05) is 13.2 Å². The third kappa shape index (κ3) is 4.50. The molecule has 21 heavy (non-hydrogen) atoms. The van der Waals surface area contributed by atoms with Crippen molar-refractivity contribution in [2.24, 2.45) is 5.73 Å². The van der Waals surface area contributed by atoms with E-state index < -0.39 is 11.1 Å². The second-order valence-corrected chi connectivity index (χ2v) is 6.37. The Bertz CT molecular complexity index is 487. The molecular formula is C14H23N3O4. The highest BCUT2D eigenvalue weighted by molar-refractivity contribution is 5.70. The van der Waals surface area contributed by atoms with Gasteiger partial charge in [-0.1, -0.05) is 5.16 Å². The first-order valence-corrected chi connectivity index (χ1v) is 7.20. The van der Waals surface area contributed by atoms with Crippen LogP contribution >= 0.6 is 0 Å². The van der Waals surface area contributed by atoms with Gasteiger partial charge in [0.2, 0.25) is 5.89 Å². The quantitative estimate of drug-likeness (QED) is 0.836. The summed E-state index contributed by atoms with van der Waals surface area (Å²) in [5.41, 5.74) is 5.20. The molecule has 0 atom stereocenters. The fourth-order valence-corrected chi connectivity index (χ4v) is 2.12. The van der Waals surface area contributed by atoms with Crippen molar-refractivity contribution >= 4 is 5.97 Å². The third-order valence-corrected chi connectivity index (χ3v) is 3.26. The summed E-state index contributed by atoms with van der Waals surface area (Å²) < 4.78 is 15.7. The van der Waals surface area contributed by atoms with Crippen LogP contribution in [0.4, 0.5) is 0 Å². The fraction of sp³-hybridized carbons (Fsp3) is 0.786. The Labute approximate surface area is 124 Å². The lowest BCUT2D eigenvalue weighted by atomic mass is 9.91. The Hall–Kier alpha value is -1.47. The molecule has 0 radical (unpaired) electrons. The SMILES string of the molecule is CC(C)(C)OC(=O)CCc1nc(C2(N)CCOCC2)no1. The lowest BCUT2D eigenvalue weighted by Crippen LogP contribution is -2.43. The first kappa shape index (κ1) is 15.9. The molecule has 0 saturated carbocycles. The summed E-state index contributed by atoms with van der Waals surface area (Å²) in [6.07, 6.45) is 1.89. The minimum atomic E-state index is -0.591. The summed E-state index contributed by atoms with van der Waals surface area (Å²) >= 11 is 0. The molecule has 1 aliphatic heterocycles. The highest BCUT2D eigenvalue weighted by atomic mass is 16.6. The zero-order valence-electron chi connectivity index (χ0n) is 12.8. The van der Waals surface area contributed by atoms with Crippen LogP contribution in [0.2, 0.25) is 0 Å². The number of carbonyl (C=O) groups excluding carboxylic acids is 1. The van der Waals surface area contributed by atoms with Crippen molar-refractivity contribution in [3.05, 3.63) is 11.7 Å². The van der Waals surface area contributed by atoms with Crippen LogP contribution in [0.25, 0.3) is 0 Å². The van der Waals surface area contributed by atoms with Gasteiger partial charge in [0.1, 0.15) is 5.60 Å². The number of hydrogen-bond acceptors (Lipinski definition) is 7. The third-order valence-electron chi connectivity index (χ3n) is 3.26. The summed E-state index contributed by atoms with van der Waals surface area (Å²) in [5.74, 6) is 0.618. The van der Waals surface area contributed by atoms with Gasteiger partial charge in [-0.25, -0.2) is 0 Å². The molecule has 118 valence electrons. The fourth-order valence-electron chi connectivity index (χ4n) is 2.12. The second-order valence-electron chi connectivity index (χ2n) is 6.37. The zero-order chi connectivity index (χ0) is 15.5. The molecule has 0 unspecified atom stereocenters. The van der Waals surface area contributed by atoms with Crippen molar-refractivity contribution in [3.63, 3.8) is 0 Å². The smallest absolute Gasteiger partial charge is 0.306 e. The molecule has 1 fully saturated rings. The van der Waals surface area contributed by atoms with E-state index in [4.69, 9.17) is 19.7 Å². The number of nitrogens with zero attached hydrogens (tertiary/aromatic N) is 2. The van der Waals surface area contributed by atoms with Crippen molar-refractivity contribution in [2.45, 2.75) is 57.6 Å². The van der Waals surface area contributed by atoms with E-state index in [0.717, 1.165) is 0 Å². The van der Waals surface area contributed by atoms with Crippen LogP contribution in [0, 0.1) is 0 Å². The van der Waals surface area contributed by atoms with Gasteiger partial charge < -0.3 is 19.7 Å². The zero-order valence-corrected chi connectivity index (χ0v) is 12.8. The van der Waals surface area contributed by atoms with Gasteiger partial charge in [0, 0.05) is 19.6 Å². The standard InChI is InChI=1S/C14H23N3O4/c1-13(2,3)20-11(18)5-4-10-16-12(17-21-10)14(15)6-8-19-9-7-14/h4-9,15H2,1-3H3. The summed E-state index contributed by atoms with van der Waals surface area (Å²) in [4.78, 5) is 16.0. The van der Waals surface area contributed by atoms with E-state index in [1.54, 1.807) is 0 Å². The van der Waals surface area contributed by atoms with Crippen molar-refractivity contribution in [3.8, 4) is 0 Å². The van der Waals surface area contributed by atoms with E-state index in [2.05, 4.69) is 10.1 Å².